The zero-order valence-electron chi connectivity index (χ0n) is 10.9. The second-order valence-electron chi connectivity index (χ2n) is 5.38. The molecule has 0 bridgehead atoms. The van der Waals surface area contributed by atoms with Gasteiger partial charge in [0, 0.05) is 6.54 Å². The zero-order valence-corrected chi connectivity index (χ0v) is 10.9. The average Bonchev–Trinajstić information content (AvgIpc) is 2.24. The molecule has 0 atom stereocenters. The highest BCUT2D eigenvalue weighted by Crippen LogP contribution is 2.30. The molecule has 2 N–H and O–H groups in total. The molecule has 0 radical (unpaired) electrons. The van der Waals surface area contributed by atoms with Gasteiger partial charge in [-0.05, 0) is 32.2 Å². The first-order valence-corrected chi connectivity index (χ1v) is 7.20. The van der Waals surface area contributed by atoms with E-state index in [0.717, 1.165) is 25.9 Å². The highest BCUT2D eigenvalue weighted by atomic mass is 16.3. The monoisotopic (exact) mass is 227 g/mol. The fourth-order valence-electron chi connectivity index (χ4n) is 2.29. The third-order valence-electron chi connectivity index (χ3n) is 3.70. The normalized spacial score (nSPS) is 18.4. The van der Waals surface area contributed by atoms with Crippen LogP contribution in [0.15, 0.2) is 0 Å². The predicted molar refractivity (Wildman–Crippen MR) is 69.7 cm³/mol. The van der Waals surface area contributed by atoms with Crippen LogP contribution in [-0.4, -0.2) is 23.8 Å². The highest BCUT2D eigenvalue weighted by Gasteiger charge is 2.33. The molecule has 0 saturated heterocycles. The van der Waals surface area contributed by atoms with Crippen molar-refractivity contribution in [2.24, 2.45) is 0 Å². The summed E-state index contributed by atoms with van der Waals surface area (Å²) < 4.78 is 0. The highest BCUT2D eigenvalue weighted by molar-refractivity contribution is 4.89. The predicted octanol–water partition coefficient (Wildman–Crippen LogP) is 3.24. The molecule has 0 unspecified atom stereocenters. The van der Waals surface area contributed by atoms with Crippen molar-refractivity contribution in [1.29, 1.82) is 0 Å². The van der Waals surface area contributed by atoms with Crippen molar-refractivity contribution in [3.8, 4) is 0 Å². The van der Waals surface area contributed by atoms with Crippen LogP contribution >= 0.6 is 0 Å². The Morgan fingerprint density at radius 3 is 2.19 bits per heavy atom. The summed E-state index contributed by atoms with van der Waals surface area (Å²) in [6.07, 6.45) is 12.7. The SMILES string of the molecule is CCCCCCCCCNCC1(O)CCC1. The fraction of sp³-hybridized carbons (Fsp3) is 1.00. The van der Waals surface area contributed by atoms with Crippen LogP contribution < -0.4 is 5.32 Å². The van der Waals surface area contributed by atoms with Crippen molar-refractivity contribution in [1.82, 2.24) is 5.32 Å². The molecule has 1 rings (SSSR count). The molecule has 96 valence electrons. The van der Waals surface area contributed by atoms with Crippen molar-refractivity contribution in [2.75, 3.05) is 13.1 Å². The van der Waals surface area contributed by atoms with Crippen LogP contribution in [0.1, 0.15) is 71.1 Å². The Kier molecular flexibility index (Phi) is 7.06. The van der Waals surface area contributed by atoms with Gasteiger partial charge in [0.1, 0.15) is 0 Å². The maximum absolute atomic E-state index is 9.85. The Hall–Kier alpha value is -0.0800. The molecule has 0 aliphatic heterocycles. The Balaban J connectivity index is 1.74. The lowest BCUT2D eigenvalue weighted by Gasteiger charge is -2.36. The molecule has 16 heavy (non-hydrogen) atoms. The van der Waals surface area contributed by atoms with Crippen LogP contribution in [0.25, 0.3) is 0 Å². The average molecular weight is 227 g/mol. The molecule has 2 heteroatoms. The van der Waals surface area contributed by atoms with Gasteiger partial charge in [-0.15, -0.1) is 0 Å². The smallest absolute Gasteiger partial charge is 0.0771 e. The summed E-state index contributed by atoms with van der Waals surface area (Å²) in [6, 6.07) is 0. The Bertz CT molecular complexity index is 166. The van der Waals surface area contributed by atoms with E-state index >= 15 is 0 Å². The van der Waals surface area contributed by atoms with Gasteiger partial charge in [0.15, 0.2) is 0 Å². The van der Waals surface area contributed by atoms with Crippen LogP contribution in [0.3, 0.4) is 0 Å². The van der Waals surface area contributed by atoms with Crippen molar-refractivity contribution in [3.05, 3.63) is 0 Å². The first-order valence-electron chi connectivity index (χ1n) is 7.20. The summed E-state index contributed by atoms with van der Waals surface area (Å²) in [5, 5.41) is 13.2. The van der Waals surface area contributed by atoms with Gasteiger partial charge in [0.25, 0.3) is 0 Å². The molecule has 1 saturated carbocycles. The van der Waals surface area contributed by atoms with Crippen molar-refractivity contribution in [2.45, 2.75) is 76.7 Å². The van der Waals surface area contributed by atoms with E-state index in [0.29, 0.717) is 0 Å². The second kappa shape index (κ2) is 8.08. The van der Waals surface area contributed by atoms with E-state index in [1.807, 2.05) is 0 Å². The molecule has 0 amide bonds. The van der Waals surface area contributed by atoms with Gasteiger partial charge in [-0.3, -0.25) is 0 Å². The minimum Gasteiger partial charge on any atom is -0.389 e. The Morgan fingerprint density at radius 2 is 1.62 bits per heavy atom. The lowest BCUT2D eigenvalue weighted by Crippen LogP contribution is -2.46. The van der Waals surface area contributed by atoms with Gasteiger partial charge in [-0.1, -0.05) is 45.4 Å². The molecule has 1 aliphatic rings. The number of nitrogens with one attached hydrogen (secondary N) is 1. The summed E-state index contributed by atoms with van der Waals surface area (Å²) in [5.41, 5.74) is -0.346. The molecule has 0 aromatic carbocycles. The van der Waals surface area contributed by atoms with Crippen molar-refractivity contribution >= 4 is 0 Å². The van der Waals surface area contributed by atoms with E-state index in [1.165, 1.54) is 51.4 Å². The van der Waals surface area contributed by atoms with Crippen molar-refractivity contribution < 1.29 is 5.11 Å². The van der Waals surface area contributed by atoms with Gasteiger partial charge >= 0.3 is 0 Å². The Morgan fingerprint density at radius 1 is 1.00 bits per heavy atom. The molecule has 1 fully saturated rings. The minimum atomic E-state index is -0.346. The van der Waals surface area contributed by atoms with E-state index < -0.39 is 0 Å². The first-order chi connectivity index (χ1) is 7.77. The minimum absolute atomic E-state index is 0.346. The number of aliphatic hydroxyl groups is 1. The maximum atomic E-state index is 9.85. The topological polar surface area (TPSA) is 32.3 Å². The maximum Gasteiger partial charge on any atom is 0.0771 e. The molecule has 0 heterocycles. The number of hydrogen-bond acceptors (Lipinski definition) is 2. The van der Waals surface area contributed by atoms with E-state index in [4.69, 9.17) is 0 Å². The van der Waals surface area contributed by atoms with E-state index in [9.17, 15) is 5.11 Å². The molecule has 0 aromatic rings. The van der Waals surface area contributed by atoms with E-state index in [1.54, 1.807) is 0 Å². The number of unbranched alkanes of at least 4 members (excludes halogenated alkanes) is 6. The van der Waals surface area contributed by atoms with E-state index in [2.05, 4.69) is 12.2 Å². The summed E-state index contributed by atoms with van der Waals surface area (Å²) >= 11 is 0. The van der Waals surface area contributed by atoms with Crippen LogP contribution in [0.4, 0.5) is 0 Å². The second-order valence-corrected chi connectivity index (χ2v) is 5.38. The van der Waals surface area contributed by atoms with Gasteiger partial charge in [0.2, 0.25) is 0 Å². The van der Waals surface area contributed by atoms with Gasteiger partial charge in [0.05, 0.1) is 5.60 Å². The molecular weight excluding hydrogens is 198 g/mol. The molecule has 0 aromatic heterocycles. The third-order valence-corrected chi connectivity index (χ3v) is 3.70. The first kappa shape index (κ1) is 14.0. The lowest BCUT2D eigenvalue weighted by atomic mass is 9.80. The fourth-order valence-corrected chi connectivity index (χ4v) is 2.29. The van der Waals surface area contributed by atoms with Crippen LogP contribution in [-0.2, 0) is 0 Å². The van der Waals surface area contributed by atoms with Crippen LogP contribution in [0, 0.1) is 0 Å². The third kappa shape index (κ3) is 5.86. The molecular formula is C14H29NO. The summed E-state index contributed by atoms with van der Waals surface area (Å²) in [7, 11) is 0. The summed E-state index contributed by atoms with van der Waals surface area (Å²) in [5.74, 6) is 0. The lowest BCUT2D eigenvalue weighted by molar-refractivity contribution is -0.0311. The summed E-state index contributed by atoms with van der Waals surface area (Å²) in [4.78, 5) is 0. The largest absolute Gasteiger partial charge is 0.389 e. The summed E-state index contributed by atoms with van der Waals surface area (Å²) in [6.45, 7) is 4.15. The standard InChI is InChI=1S/C14H29NO/c1-2-3-4-5-6-7-8-12-15-13-14(16)10-9-11-14/h15-16H,2-13H2,1H3. The quantitative estimate of drug-likeness (QED) is 0.562. The van der Waals surface area contributed by atoms with Crippen LogP contribution in [0.5, 0.6) is 0 Å². The molecule has 2 nitrogen and oxygen atoms in total. The number of hydrogen-bond donors (Lipinski definition) is 2. The van der Waals surface area contributed by atoms with Crippen LogP contribution in [0.2, 0.25) is 0 Å². The van der Waals surface area contributed by atoms with Gasteiger partial charge < -0.3 is 10.4 Å². The van der Waals surface area contributed by atoms with Gasteiger partial charge in [-0.25, -0.2) is 0 Å². The molecule has 0 spiro atoms. The van der Waals surface area contributed by atoms with Gasteiger partial charge in [-0.2, -0.15) is 0 Å². The van der Waals surface area contributed by atoms with Crippen molar-refractivity contribution in [3.63, 3.8) is 0 Å². The Labute approximate surface area is 101 Å². The molecule has 1 aliphatic carbocycles. The van der Waals surface area contributed by atoms with E-state index in [-0.39, 0.29) is 5.60 Å². The zero-order chi connectivity index (χ0) is 11.7. The number of rotatable bonds is 10.